The molecule has 10 heavy (non-hydrogen) atoms. The van der Waals surface area contributed by atoms with Gasteiger partial charge in [0.15, 0.2) is 0 Å². The van der Waals surface area contributed by atoms with Gasteiger partial charge in [-0.25, -0.2) is 0 Å². The van der Waals surface area contributed by atoms with Crippen molar-refractivity contribution in [3.05, 3.63) is 11.9 Å². The Kier molecular flexibility index (Phi) is 2.98. The third kappa shape index (κ3) is 2.61. The fraction of sp³-hybridized carbons (Fsp3) is 0.714. The van der Waals surface area contributed by atoms with Gasteiger partial charge in [-0.1, -0.05) is 0 Å². The third-order valence-electron chi connectivity index (χ3n) is 1.70. The zero-order chi connectivity index (χ0) is 8.44. The van der Waals surface area contributed by atoms with Crippen LogP contribution in [0.2, 0.25) is 0 Å². The van der Waals surface area contributed by atoms with E-state index in [1.807, 2.05) is 11.1 Å². The van der Waals surface area contributed by atoms with E-state index in [0.29, 0.717) is 0 Å². The number of nitrogens with zero attached hydrogens (tertiary/aromatic N) is 1. The van der Waals surface area contributed by atoms with E-state index in [0.717, 1.165) is 0 Å². The molecule has 0 aromatic heterocycles. The van der Waals surface area contributed by atoms with Crippen molar-refractivity contribution in [3.8, 4) is 0 Å². The van der Waals surface area contributed by atoms with Crippen LogP contribution in [0.5, 0.6) is 0 Å². The van der Waals surface area contributed by atoms with E-state index in [1.165, 1.54) is 0 Å². The van der Waals surface area contributed by atoms with E-state index in [9.17, 15) is 0 Å². The number of allylic oxidation sites excluding steroid dienone is 1. The van der Waals surface area contributed by atoms with Crippen LogP contribution in [0.25, 0.3) is 0 Å². The average molecular weight is 179 g/mol. The van der Waals surface area contributed by atoms with Crippen LogP contribution in [0.1, 0.15) is 6.92 Å². The van der Waals surface area contributed by atoms with Gasteiger partial charge in [-0.05, 0) is 0 Å². The van der Waals surface area contributed by atoms with Gasteiger partial charge >= 0.3 is 69.5 Å². The van der Waals surface area contributed by atoms with Crippen LogP contribution in [0, 0.1) is 0 Å². The number of thiol groups is 1. The third-order valence-corrected chi connectivity index (χ3v) is 7.01. The van der Waals surface area contributed by atoms with Gasteiger partial charge in [-0.2, -0.15) is 0 Å². The first-order valence-corrected chi connectivity index (χ1v) is 7.36. The number of hydrogen-bond acceptors (Lipinski definition) is 2. The summed E-state index contributed by atoms with van der Waals surface area (Å²) >= 11 is 4.34. The summed E-state index contributed by atoms with van der Waals surface area (Å²) in [6.45, 7) is 7.12. The Labute approximate surface area is 70.0 Å². The first-order chi connectivity index (χ1) is 4.28. The molecule has 0 saturated carbocycles. The summed E-state index contributed by atoms with van der Waals surface area (Å²) in [6.07, 6.45) is 2.10. The predicted molar refractivity (Wildman–Crippen MR) is 56.3 cm³/mol. The first kappa shape index (κ1) is 10.5. The minimum absolute atomic E-state index is 1.72. The van der Waals surface area contributed by atoms with Gasteiger partial charge in [0.1, 0.15) is 0 Å². The second kappa shape index (κ2) is 2.84. The van der Waals surface area contributed by atoms with Crippen molar-refractivity contribution in [2.24, 2.45) is 0 Å². The second-order valence-electron chi connectivity index (χ2n) is 3.80. The topological polar surface area (TPSA) is 3.24 Å². The zero-order valence-electron chi connectivity index (χ0n) is 7.50. The van der Waals surface area contributed by atoms with Crippen molar-refractivity contribution in [1.29, 1.82) is 0 Å². The van der Waals surface area contributed by atoms with E-state index in [4.69, 9.17) is 0 Å². The molecule has 0 N–H and O–H groups in total. The van der Waals surface area contributed by atoms with Crippen molar-refractivity contribution in [3.63, 3.8) is 0 Å². The molecular formula is C7H18NPS. The Morgan fingerprint density at radius 2 is 1.70 bits per heavy atom. The summed E-state index contributed by atoms with van der Waals surface area (Å²) in [5.41, 5.74) is 0. The first-order valence-electron chi connectivity index (χ1n) is 3.36. The fourth-order valence-electron chi connectivity index (χ4n) is 0.610. The Morgan fingerprint density at radius 1 is 1.30 bits per heavy atom. The van der Waals surface area contributed by atoms with Crippen molar-refractivity contribution in [2.45, 2.75) is 6.92 Å². The molecule has 0 aromatic rings. The Morgan fingerprint density at radius 3 is 1.80 bits per heavy atom. The molecule has 0 aromatic carbocycles. The molecule has 62 valence electrons. The van der Waals surface area contributed by atoms with Gasteiger partial charge in [-0.15, -0.1) is 0 Å². The molecule has 1 nitrogen and oxygen atoms in total. The summed E-state index contributed by atoms with van der Waals surface area (Å²) in [4.78, 5) is 0. The van der Waals surface area contributed by atoms with E-state index in [2.05, 4.69) is 51.6 Å². The molecule has 0 heterocycles. The monoisotopic (exact) mass is 179 g/mol. The van der Waals surface area contributed by atoms with E-state index >= 15 is 0 Å². The van der Waals surface area contributed by atoms with E-state index in [-0.39, 0.29) is 0 Å². The molecule has 0 saturated heterocycles. The van der Waals surface area contributed by atoms with Crippen LogP contribution in [-0.4, -0.2) is 31.1 Å². The molecular weight excluding hydrogens is 161 g/mol. The molecule has 0 unspecified atom stereocenters. The molecule has 0 bridgehead atoms. The van der Waals surface area contributed by atoms with Crippen molar-refractivity contribution in [1.82, 2.24) is 4.08 Å². The normalized spacial score (nSPS) is 17.7. The Balaban J connectivity index is 4.59. The molecule has 0 rings (SSSR count). The van der Waals surface area contributed by atoms with Crippen LogP contribution >= 0.6 is 19.6 Å². The van der Waals surface area contributed by atoms with E-state index < -0.39 is 6.75 Å². The molecule has 0 fully saturated rings. The van der Waals surface area contributed by atoms with Crippen molar-refractivity contribution >= 4 is 19.6 Å². The summed E-state index contributed by atoms with van der Waals surface area (Å²) < 4.78 is 2.03. The van der Waals surface area contributed by atoms with Gasteiger partial charge in [-0.3, -0.25) is 0 Å². The van der Waals surface area contributed by atoms with Crippen molar-refractivity contribution in [2.75, 3.05) is 27.0 Å². The molecule has 0 radical (unpaired) electrons. The van der Waals surface area contributed by atoms with Gasteiger partial charge in [0.2, 0.25) is 0 Å². The SMILES string of the molecule is C/C=C/P(C)(C)(C)N(C)S. The van der Waals surface area contributed by atoms with Crippen molar-refractivity contribution < 1.29 is 0 Å². The van der Waals surface area contributed by atoms with E-state index in [1.54, 1.807) is 0 Å². The van der Waals surface area contributed by atoms with Crippen LogP contribution in [-0.2, 0) is 0 Å². The molecule has 0 atom stereocenters. The molecule has 0 spiro atoms. The van der Waals surface area contributed by atoms with Gasteiger partial charge in [0.05, 0.1) is 0 Å². The van der Waals surface area contributed by atoms with Crippen LogP contribution in [0.4, 0.5) is 0 Å². The molecule has 3 heteroatoms. The van der Waals surface area contributed by atoms with Crippen LogP contribution < -0.4 is 0 Å². The molecule has 0 aliphatic carbocycles. The fourth-order valence-corrected chi connectivity index (χ4v) is 2.01. The Hall–Kier alpha value is 0.480. The quantitative estimate of drug-likeness (QED) is 0.504. The standard InChI is InChI=1S/C7H18NPS/c1-6-7-9(3,4,5)8(2)10/h6-7,10H,1-5H3/b7-6+. The summed E-state index contributed by atoms with van der Waals surface area (Å²) in [5.74, 6) is 2.26. The molecule has 0 aliphatic rings. The van der Waals surface area contributed by atoms with Gasteiger partial charge < -0.3 is 0 Å². The zero-order valence-corrected chi connectivity index (χ0v) is 9.29. The summed E-state index contributed by atoms with van der Waals surface area (Å²) in [7, 11) is 2.01. The number of hydrogen-bond donors (Lipinski definition) is 1. The van der Waals surface area contributed by atoms with Gasteiger partial charge in [0.25, 0.3) is 0 Å². The summed E-state index contributed by atoms with van der Waals surface area (Å²) in [6, 6.07) is 0. The minimum atomic E-state index is -1.72. The maximum absolute atomic E-state index is 4.34. The molecule has 0 amide bonds. The number of rotatable bonds is 2. The van der Waals surface area contributed by atoms with Gasteiger partial charge in [0, 0.05) is 0 Å². The second-order valence-corrected chi connectivity index (χ2v) is 11.3. The average Bonchev–Trinajstić information content (AvgIpc) is 1.62. The predicted octanol–water partition coefficient (Wildman–Crippen LogP) is 2.65. The molecule has 0 aliphatic heterocycles. The van der Waals surface area contributed by atoms with Crippen LogP contribution in [0.15, 0.2) is 11.9 Å². The summed E-state index contributed by atoms with van der Waals surface area (Å²) in [5, 5.41) is 0. The van der Waals surface area contributed by atoms with Crippen LogP contribution in [0.3, 0.4) is 0 Å². The maximum atomic E-state index is 4.34. The Bertz CT molecular complexity index is 143.